The van der Waals surface area contributed by atoms with Crippen LogP contribution in [0.5, 0.6) is 0 Å². The monoisotopic (exact) mass is 155 g/mol. The molecular weight excluding hydrogens is 142 g/mol. The zero-order valence-electron chi connectivity index (χ0n) is 7.34. The number of oxime groups is 1. The van der Waals surface area contributed by atoms with Gasteiger partial charge in [-0.1, -0.05) is 11.2 Å². The summed E-state index contributed by atoms with van der Waals surface area (Å²) in [4.78, 5) is 15.4. The molecule has 0 heterocycles. The molecule has 0 aromatic carbocycles. The fourth-order valence-electron chi connectivity index (χ4n) is 0.323. The van der Waals surface area contributed by atoms with Crippen LogP contribution in [0.1, 0.15) is 27.7 Å². The van der Waals surface area contributed by atoms with E-state index in [0.29, 0.717) is 5.57 Å². The Morgan fingerprint density at radius 2 is 1.91 bits per heavy atom. The van der Waals surface area contributed by atoms with E-state index in [-0.39, 0.29) is 0 Å². The van der Waals surface area contributed by atoms with Crippen molar-refractivity contribution in [3.8, 4) is 0 Å². The largest absolute Gasteiger partial charge is 0.361 e. The minimum absolute atomic E-state index is 0.395. The van der Waals surface area contributed by atoms with Crippen LogP contribution in [0.4, 0.5) is 0 Å². The van der Waals surface area contributed by atoms with Crippen LogP contribution in [0.2, 0.25) is 0 Å². The molecule has 0 saturated heterocycles. The molecule has 0 N–H and O–H groups in total. The van der Waals surface area contributed by atoms with Crippen LogP contribution in [0, 0.1) is 0 Å². The lowest BCUT2D eigenvalue weighted by molar-refractivity contribution is -0.139. The van der Waals surface area contributed by atoms with Gasteiger partial charge in [-0.25, -0.2) is 4.79 Å². The molecule has 0 radical (unpaired) electrons. The Morgan fingerprint density at radius 3 is 2.27 bits per heavy atom. The first-order valence-corrected chi connectivity index (χ1v) is 3.43. The van der Waals surface area contributed by atoms with Crippen LogP contribution < -0.4 is 0 Å². The van der Waals surface area contributed by atoms with E-state index in [2.05, 4.69) is 9.99 Å². The fraction of sp³-hybridized carbons (Fsp3) is 0.500. The van der Waals surface area contributed by atoms with E-state index < -0.39 is 5.97 Å². The number of hydrogen-bond donors (Lipinski definition) is 0. The van der Waals surface area contributed by atoms with Crippen molar-refractivity contribution in [2.75, 3.05) is 0 Å². The average Bonchev–Trinajstić information content (AvgIpc) is 1.98. The maximum Gasteiger partial charge on any atom is 0.361 e. The smallest absolute Gasteiger partial charge is 0.313 e. The highest BCUT2D eigenvalue weighted by atomic mass is 16.7. The number of carbonyl (C=O) groups is 1. The first-order valence-electron chi connectivity index (χ1n) is 3.43. The molecule has 0 spiro atoms. The Balaban J connectivity index is 4.00. The molecule has 0 aliphatic rings. The number of hydrogen-bond acceptors (Lipinski definition) is 3. The summed E-state index contributed by atoms with van der Waals surface area (Å²) in [6.45, 7) is 6.98. The second-order valence-corrected chi connectivity index (χ2v) is 2.39. The topological polar surface area (TPSA) is 38.7 Å². The van der Waals surface area contributed by atoms with E-state index in [1.807, 2.05) is 0 Å². The maximum absolute atomic E-state index is 10.9. The molecule has 62 valence electrons. The fourth-order valence-corrected chi connectivity index (χ4v) is 0.323. The molecule has 3 nitrogen and oxygen atoms in total. The van der Waals surface area contributed by atoms with Gasteiger partial charge in [0, 0.05) is 5.57 Å². The van der Waals surface area contributed by atoms with Crippen molar-refractivity contribution in [3.05, 3.63) is 11.6 Å². The second-order valence-electron chi connectivity index (χ2n) is 2.39. The van der Waals surface area contributed by atoms with Gasteiger partial charge in [0.15, 0.2) is 0 Å². The number of allylic oxidation sites excluding steroid dienone is 1. The Hall–Kier alpha value is -1.12. The molecule has 0 fully saturated rings. The molecule has 0 aliphatic heterocycles. The molecule has 0 atom stereocenters. The van der Waals surface area contributed by atoms with E-state index in [9.17, 15) is 4.79 Å². The van der Waals surface area contributed by atoms with Crippen molar-refractivity contribution in [2.45, 2.75) is 27.7 Å². The van der Waals surface area contributed by atoms with Gasteiger partial charge >= 0.3 is 5.97 Å². The summed E-state index contributed by atoms with van der Waals surface area (Å²) >= 11 is 0. The summed E-state index contributed by atoms with van der Waals surface area (Å²) in [5, 5.41) is 3.52. The van der Waals surface area contributed by atoms with E-state index in [0.717, 1.165) is 5.71 Å². The summed E-state index contributed by atoms with van der Waals surface area (Å²) < 4.78 is 0. The van der Waals surface area contributed by atoms with E-state index in [1.165, 1.54) is 0 Å². The minimum Gasteiger partial charge on any atom is -0.313 e. The zero-order chi connectivity index (χ0) is 8.85. The molecule has 3 heteroatoms. The van der Waals surface area contributed by atoms with Gasteiger partial charge in [-0.2, -0.15) is 0 Å². The zero-order valence-corrected chi connectivity index (χ0v) is 7.34. The van der Waals surface area contributed by atoms with Crippen LogP contribution in [-0.2, 0) is 9.63 Å². The Labute approximate surface area is 66.7 Å². The van der Waals surface area contributed by atoms with Crippen LogP contribution in [-0.4, -0.2) is 11.7 Å². The van der Waals surface area contributed by atoms with E-state index in [4.69, 9.17) is 0 Å². The van der Waals surface area contributed by atoms with E-state index >= 15 is 0 Å². The quantitative estimate of drug-likeness (QED) is 0.264. The van der Waals surface area contributed by atoms with Crippen molar-refractivity contribution < 1.29 is 9.63 Å². The lowest BCUT2D eigenvalue weighted by Gasteiger charge is -1.95. The van der Waals surface area contributed by atoms with Gasteiger partial charge in [-0.3, -0.25) is 0 Å². The molecule has 11 heavy (non-hydrogen) atoms. The average molecular weight is 155 g/mol. The Kier molecular flexibility index (Phi) is 4.18. The van der Waals surface area contributed by atoms with Crippen molar-refractivity contribution in [1.82, 2.24) is 0 Å². The predicted octanol–water partition coefficient (Wildman–Crippen LogP) is 1.89. The van der Waals surface area contributed by atoms with Gasteiger partial charge in [0.1, 0.15) is 0 Å². The summed E-state index contributed by atoms with van der Waals surface area (Å²) in [5.41, 5.74) is 1.29. The van der Waals surface area contributed by atoms with Gasteiger partial charge in [-0.05, 0) is 27.7 Å². The third-order valence-electron chi connectivity index (χ3n) is 1.07. The van der Waals surface area contributed by atoms with Gasteiger partial charge in [0.2, 0.25) is 0 Å². The van der Waals surface area contributed by atoms with Crippen LogP contribution in [0.15, 0.2) is 16.8 Å². The van der Waals surface area contributed by atoms with Crippen molar-refractivity contribution in [2.24, 2.45) is 5.16 Å². The van der Waals surface area contributed by atoms with Crippen molar-refractivity contribution in [1.29, 1.82) is 0 Å². The van der Waals surface area contributed by atoms with Gasteiger partial charge in [-0.15, -0.1) is 0 Å². The predicted molar refractivity (Wildman–Crippen MR) is 44.3 cm³/mol. The van der Waals surface area contributed by atoms with Crippen molar-refractivity contribution in [3.63, 3.8) is 0 Å². The summed E-state index contributed by atoms with van der Waals surface area (Å²) in [6, 6.07) is 0. The van der Waals surface area contributed by atoms with E-state index in [1.54, 1.807) is 33.8 Å². The summed E-state index contributed by atoms with van der Waals surface area (Å²) in [5.74, 6) is -0.395. The maximum atomic E-state index is 10.9. The number of carbonyl (C=O) groups excluding carboxylic acids is 1. The molecule has 0 saturated carbocycles. The summed E-state index contributed by atoms with van der Waals surface area (Å²) in [6.07, 6.45) is 1.68. The molecule has 0 aromatic heterocycles. The van der Waals surface area contributed by atoms with Crippen LogP contribution in [0.25, 0.3) is 0 Å². The Morgan fingerprint density at radius 1 is 1.36 bits per heavy atom. The standard InChI is InChI=1S/C8H13NO2/c1-5-7(4)8(10)11-9-6(2)3/h5H,1-4H3/b7-5-. The lowest BCUT2D eigenvalue weighted by Crippen LogP contribution is -2.01. The molecule has 0 rings (SSSR count). The first-order chi connectivity index (χ1) is 5.07. The highest BCUT2D eigenvalue weighted by molar-refractivity contribution is 5.88. The third-order valence-corrected chi connectivity index (χ3v) is 1.07. The highest BCUT2D eigenvalue weighted by Gasteiger charge is 2.02. The molecule has 0 aliphatic carbocycles. The van der Waals surface area contributed by atoms with Crippen LogP contribution in [0.3, 0.4) is 0 Å². The normalized spacial score (nSPS) is 10.7. The summed E-state index contributed by atoms with van der Waals surface area (Å²) in [7, 11) is 0. The van der Waals surface area contributed by atoms with Gasteiger partial charge < -0.3 is 4.84 Å². The molecule has 0 unspecified atom stereocenters. The number of rotatable bonds is 2. The second kappa shape index (κ2) is 4.66. The van der Waals surface area contributed by atoms with Gasteiger partial charge in [0.05, 0.1) is 5.71 Å². The molecule has 0 bridgehead atoms. The SMILES string of the molecule is C/C=C(/C)C(=O)ON=C(C)C. The molecule has 0 amide bonds. The van der Waals surface area contributed by atoms with Gasteiger partial charge in [0.25, 0.3) is 0 Å². The third kappa shape index (κ3) is 4.31. The van der Waals surface area contributed by atoms with Crippen LogP contribution >= 0.6 is 0 Å². The lowest BCUT2D eigenvalue weighted by atomic mass is 10.3. The molecular formula is C8H13NO2. The van der Waals surface area contributed by atoms with Crippen molar-refractivity contribution >= 4 is 11.7 Å². The Bertz CT molecular complexity index is 200. The highest BCUT2D eigenvalue weighted by Crippen LogP contribution is 1.95. The minimum atomic E-state index is -0.395. The number of nitrogens with zero attached hydrogens (tertiary/aromatic N) is 1. The molecule has 0 aromatic rings. The first kappa shape index (κ1) is 9.88.